The van der Waals surface area contributed by atoms with Crippen molar-refractivity contribution < 1.29 is 0 Å². The lowest BCUT2D eigenvalue weighted by molar-refractivity contribution is 0.405. The maximum atomic E-state index is 4.67. The topological polar surface area (TPSA) is 53.1 Å². The predicted molar refractivity (Wildman–Crippen MR) is 102 cm³/mol. The third-order valence-electron chi connectivity index (χ3n) is 3.54. The van der Waals surface area contributed by atoms with Crippen molar-refractivity contribution in [3.63, 3.8) is 0 Å². The Balaban J connectivity index is 2.14. The first-order chi connectivity index (χ1) is 11.5. The van der Waals surface area contributed by atoms with Crippen molar-refractivity contribution >= 4 is 11.6 Å². The van der Waals surface area contributed by atoms with E-state index in [9.17, 15) is 0 Å². The fraction of sp³-hybridized carbons (Fsp3) is 0.474. The van der Waals surface area contributed by atoms with E-state index in [1.165, 1.54) is 0 Å². The largest absolute Gasteiger partial charge is 0.370 e. The van der Waals surface area contributed by atoms with E-state index in [-0.39, 0.29) is 0 Å². The lowest BCUT2D eigenvalue weighted by Crippen LogP contribution is -2.17. The van der Waals surface area contributed by atoms with Gasteiger partial charge in [0.2, 0.25) is 0 Å². The van der Waals surface area contributed by atoms with E-state index < -0.39 is 0 Å². The van der Waals surface area contributed by atoms with Crippen LogP contribution in [0.2, 0.25) is 0 Å². The second-order valence-corrected chi connectivity index (χ2v) is 6.69. The minimum Gasteiger partial charge on any atom is -0.370 e. The van der Waals surface area contributed by atoms with Crippen LogP contribution in [0.15, 0.2) is 36.4 Å². The van der Waals surface area contributed by atoms with Crippen molar-refractivity contribution in [1.82, 2.24) is 14.9 Å². The number of benzene rings is 1. The maximum absolute atomic E-state index is 4.67. The first kappa shape index (κ1) is 18.2. The van der Waals surface area contributed by atoms with Crippen molar-refractivity contribution in [3.8, 4) is 11.4 Å². The summed E-state index contributed by atoms with van der Waals surface area (Å²) >= 11 is 0. The molecule has 0 bridgehead atoms. The van der Waals surface area contributed by atoms with Crippen LogP contribution in [0.1, 0.15) is 20.3 Å². The predicted octanol–water partition coefficient (Wildman–Crippen LogP) is 3.58. The van der Waals surface area contributed by atoms with Crippen LogP contribution in [-0.2, 0) is 0 Å². The molecule has 0 unspecified atom stereocenters. The first-order valence-electron chi connectivity index (χ1n) is 8.61. The molecule has 2 aromatic rings. The van der Waals surface area contributed by atoms with Crippen molar-refractivity contribution in [3.05, 3.63) is 36.4 Å². The maximum Gasteiger partial charge on any atom is 0.163 e. The summed E-state index contributed by atoms with van der Waals surface area (Å²) in [6.07, 6.45) is 1.08. The molecule has 0 aliphatic carbocycles. The summed E-state index contributed by atoms with van der Waals surface area (Å²) in [5.74, 6) is 3.05. The van der Waals surface area contributed by atoms with E-state index in [1.54, 1.807) is 0 Å². The summed E-state index contributed by atoms with van der Waals surface area (Å²) in [5.41, 5.74) is 1.03. The molecule has 1 heterocycles. The van der Waals surface area contributed by atoms with Gasteiger partial charge in [-0.25, -0.2) is 9.97 Å². The zero-order chi connectivity index (χ0) is 17.4. The summed E-state index contributed by atoms with van der Waals surface area (Å²) in [6.45, 7) is 7.22. The number of rotatable bonds is 9. The highest BCUT2D eigenvalue weighted by Gasteiger charge is 2.07. The number of nitrogens with zero attached hydrogens (tertiary/aromatic N) is 3. The molecule has 0 amide bonds. The SMILES string of the molecule is CC(C)CNc1cc(NCCCN(C)C)nc(-c2ccccc2)n1. The molecule has 0 spiro atoms. The van der Waals surface area contributed by atoms with E-state index in [2.05, 4.69) is 53.4 Å². The summed E-state index contributed by atoms with van der Waals surface area (Å²) < 4.78 is 0. The fourth-order valence-corrected chi connectivity index (χ4v) is 2.27. The first-order valence-corrected chi connectivity index (χ1v) is 8.61. The van der Waals surface area contributed by atoms with Gasteiger partial charge in [-0.05, 0) is 33.0 Å². The lowest BCUT2D eigenvalue weighted by Gasteiger charge is -2.13. The van der Waals surface area contributed by atoms with Crippen LogP contribution in [0.3, 0.4) is 0 Å². The van der Waals surface area contributed by atoms with Gasteiger partial charge in [0, 0.05) is 24.7 Å². The zero-order valence-corrected chi connectivity index (χ0v) is 15.2. The fourth-order valence-electron chi connectivity index (χ4n) is 2.27. The molecule has 0 atom stereocenters. The summed E-state index contributed by atoms with van der Waals surface area (Å²) in [7, 11) is 4.18. The Hall–Kier alpha value is -2.14. The van der Waals surface area contributed by atoms with Crippen LogP contribution in [0, 0.1) is 5.92 Å². The second kappa shape index (κ2) is 9.23. The van der Waals surface area contributed by atoms with Crippen LogP contribution in [-0.4, -0.2) is 48.6 Å². The van der Waals surface area contributed by atoms with Crippen LogP contribution in [0.25, 0.3) is 11.4 Å². The van der Waals surface area contributed by atoms with E-state index in [4.69, 9.17) is 0 Å². The molecule has 5 heteroatoms. The van der Waals surface area contributed by atoms with Crippen molar-refractivity contribution in [1.29, 1.82) is 0 Å². The van der Waals surface area contributed by atoms with Crippen molar-refractivity contribution in [2.45, 2.75) is 20.3 Å². The normalized spacial score (nSPS) is 11.1. The third-order valence-corrected chi connectivity index (χ3v) is 3.54. The van der Waals surface area contributed by atoms with Gasteiger partial charge < -0.3 is 15.5 Å². The lowest BCUT2D eigenvalue weighted by atomic mass is 10.2. The van der Waals surface area contributed by atoms with Gasteiger partial charge in [-0.2, -0.15) is 0 Å². The van der Waals surface area contributed by atoms with E-state index >= 15 is 0 Å². The van der Waals surface area contributed by atoms with Gasteiger partial charge in [0.05, 0.1) is 0 Å². The van der Waals surface area contributed by atoms with Gasteiger partial charge in [0.15, 0.2) is 5.82 Å². The number of hydrogen-bond acceptors (Lipinski definition) is 5. The third kappa shape index (κ3) is 6.16. The van der Waals surface area contributed by atoms with Gasteiger partial charge in [-0.1, -0.05) is 44.2 Å². The Morgan fingerprint density at radius 1 is 1.00 bits per heavy atom. The Morgan fingerprint density at radius 3 is 2.29 bits per heavy atom. The zero-order valence-electron chi connectivity index (χ0n) is 15.2. The van der Waals surface area contributed by atoms with Gasteiger partial charge >= 0.3 is 0 Å². The summed E-state index contributed by atoms with van der Waals surface area (Å²) in [5, 5.41) is 6.82. The molecule has 1 aromatic heterocycles. The Labute approximate surface area is 145 Å². The molecule has 0 saturated heterocycles. The summed E-state index contributed by atoms with van der Waals surface area (Å²) in [6, 6.07) is 12.1. The molecule has 0 aliphatic rings. The molecule has 130 valence electrons. The average Bonchev–Trinajstić information content (AvgIpc) is 2.57. The highest BCUT2D eigenvalue weighted by molar-refractivity contribution is 5.61. The number of nitrogens with one attached hydrogen (secondary N) is 2. The van der Waals surface area contributed by atoms with Gasteiger partial charge in [0.25, 0.3) is 0 Å². The van der Waals surface area contributed by atoms with Crippen molar-refractivity contribution in [2.24, 2.45) is 5.92 Å². The Bertz CT molecular complexity index is 610. The minimum atomic E-state index is 0.566. The number of hydrogen-bond donors (Lipinski definition) is 2. The van der Waals surface area contributed by atoms with Crippen LogP contribution >= 0.6 is 0 Å². The quantitative estimate of drug-likeness (QED) is 0.690. The van der Waals surface area contributed by atoms with E-state index in [0.717, 1.165) is 49.1 Å². The van der Waals surface area contributed by atoms with E-state index in [0.29, 0.717) is 5.92 Å². The average molecular weight is 327 g/mol. The van der Waals surface area contributed by atoms with Crippen molar-refractivity contribution in [2.75, 3.05) is 44.4 Å². The molecule has 2 rings (SSSR count). The molecule has 1 aromatic carbocycles. The van der Waals surface area contributed by atoms with Gasteiger partial charge in [-0.15, -0.1) is 0 Å². The molecule has 0 fully saturated rings. The minimum absolute atomic E-state index is 0.566. The molecule has 0 aliphatic heterocycles. The molecule has 2 N–H and O–H groups in total. The Kier molecular flexibility index (Phi) is 7.00. The number of aromatic nitrogens is 2. The highest BCUT2D eigenvalue weighted by atomic mass is 15.1. The monoisotopic (exact) mass is 327 g/mol. The molecule has 0 radical (unpaired) electrons. The van der Waals surface area contributed by atoms with E-state index in [1.807, 2.05) is 36.4 Å². The number of anilines is 2. The molecular formula is C19H29N5. The molecule has 0 saturated carbocycles. The highest BCUT2D eigenvalue weighted by Crippen LogP contribution is 2.20. The smallest absolute Gasteiger partial charge is 0.163 e. The Morgan fingerprint density at radius 2 is 1.67 bits per heavy atom. The molecular weight excluding hydrogens is 298 g/mol. The standard InChI is InChI=1S/C19H29N5/c1-15(2)14-21-18-13-17(20-11-8-12-24(3)4)22-19(23-18)16-9-6-5-7-10-16/h5-7,9-10,13,15H,8,11-12,14H2,1-4H3,(H2,20,21,22,23). The summed E-state index contributed by atoms with van der Waals surface area (Å²) in [4.78, 5) is 11.5. The second-order valence-electron chi connectivity index (χ2n) is 6.69. The van der Waals surface area contributed by atoms with Crippen LogP contribution < -0.4 is 10.6 Å². The van der Waals surface area contributed by atoms with Gasteiger partial charge in [-0.3, -0.25) is 0 Å². The molecule has 5 nitrogen and oxygen atoms in total. The molecule has 24 heavy (non-hydrogen) atoms. The van der Waals surface area contributed by atoms with Crippen LogP contribution in [0.4, 0.5) is 11.6 Å². The van der Waals surface area contributed by atoms with Gasteiger partial charge in [0.1, 0.15) is 11.6 Å². The van der Waals surface area contributed by atoms with Crippen LogP contribution in [0.5, 0.6) is 0 Å².